The van der Waals surface area contributed by atoms with Crippen LogP contribution < -0.4 is 5.32 Å². The molecule has 0 aliphatic heterocycles. The van der Waals surface area contributed by atoms with Gasteiger partial charge in [0.1, 0.15) is 5.82 Å². The van der Waals surface area contributed by atoms with Crippen LogP contribution in [-0.2, 0) is 11.3 Å². The van der Waals surface area contributed by atoms with Gasteiger partial charge in [0.25, 0.3) is 0 Å². The Balaban J connectivity index is 2.29. The predicted octanol–water partition coefficient (Wildman–Crippen LogP) is 2.65. The van der Waals surface area contributed by atoms with Gasteiger partial charge in [0, 0.05) is 13.1 Å². The van der Waals surface area contributed by atoms with E-state index in [2.05, 4.69) is 5.32 Å². The number of rotatable bonds is 6. The van der Waals surface area contributed by atoms with E-state index in [0.717, 1.165) is 17.7 Å². The zero-order valence-corrected chi connectivity index (χ0v) is 10.2. The summed E-state index contributed by atoms with van der Waals surface area (Å²) in [6.07, 6.45) is 0.262. The van der Waals surface area contributed by atoms with Gasteiger partial charge in [0.2, 0.25) is 0 Å². The second-order valence-electron chi connectivity index (χ2n) is 4.17. The minimum Gasteiger partial charge on any atom is -0.377 e. The molecule has 16 heavy (non-hydrogen) atoms. The normalized spacial score (nSPS) is 11.1. The molecule has 0 aliphatic carbocycles. The zero-order chi connectivity index (χ0) is 12.0. The van der Waals surface area contributed by atoms with Crippen LogP contribution in [-0.4, -0.2) is 19.3 Å². The van der Waals surface area contributed by atoms with E-state index in [0.29, 0.717) is 13.2 Å². The van der Waals surface area contributed by atoms with E-state index >= 15 is 0 Å². The average Bonchev–Trinajstić information content (AvgIpc) is 2.22. The van der Waals surface area contributed by atoms with Crippen LogP contribution in [0.15, 0.2) is 18.2 Å². The van der Waals surface area contributed by atoms with Gasteiger partial charge >= 0.3 is 0 Å². The van der Waals surface area contributed by atoms with Crippen LogP contribution in [0.3, 0.4) is 0 Å². The number of halogens is 1. The first-order chi connectivity index (χ1) is 7.59. The Kier molecular flexibility index (Phi) is 5.43. The Bertz CT molecular complexity index is 326. The molecule has 1 aromatic carbocycles. The third-order valence-electron chi connectivity index (χ3n) is 2.36. The molecule has 0 unspecified atom stereocenters. The largest absolute Gasteiger partial charge is 0.377 e. The maximum atomic E-state index is 13.0. The van der Waals surface area contributed by atoms with Gasteiger partial charge in [-0.15, -0.1) is 0 Å². The average molecular weight is 225 g/mol. The fourth-order valence-electron chi connectivity index (χ4n) is 1.42. The number of nitrogens with one attached hydrogen (secondary N) is 1. The highest BCUT2D eigenvalue weighted by molar-refractivity contribution is 5.26. The van der Waals surface area contributed by atoms with Crippen molar-refractivity contribution >= 4 is 0 Å². The van der Waals surface area contributed by atoms with Crippen molar-refractivity contribution in [3.63, 3.8) is 0 Å². The lowest BCUT2D eigenvalue weighted by Gasteiger charge is -2.10. The molecule has 1 aromatic rings. The molecular formula is C13H20FNO. The van der Waals surface area contributed by atoms with Crippen molar-refractivity contribution in [2.24, 2.45) is 0 Å². The summed E-state index contributed by atoms with van der Waals surface area (Å²) in [5, 5.41) is 3.23. The summed E-state index contributed by atoms with van der Waals surface area (Å²) in [5.41, 5.74) is 2.11. The Morgan fingerprint density at radius 1 is 1.38 bits per heavy atom. The van der Waals surface area contributed by atoms with Gasteiger partial charge in [0.05, 0.1) is 12.7 Å². The topological polar surface area (TPSA) is 21.3 Å². The van der Waals surface area contributed by atoms with Crippen molar-refractivity contribution in [2.45, 2.75) is 33.4 Å². The van der Waals surface area contributed by atoms with Crippen LogP contribution in [0.5, 0.6) is 0 Å². The number of benzene rings is 1. The van der Waals surface area contributed by atoms with E-state index in [-0.39, 0.29) is 11.9 Å². The fourth-order valence-corrected chi connectivity index (χ4v) is 1.42. The Morgan fingerprint density at radius 2 is 2.12 bits per heavy atom. The number of hydrogen-bond donors (Lipinski definition) is 1. The lowest BCUT2D eigenvalue weighted by molar-refractivity contribution is 0.0807. The van der Waals surface area contributed by atoms with Gasteiger partial charge in [-0.2, -0.15) is 0 Å². The smallest absolute Gasteiger partial charge is 0.123 e. The summed E-state index contributed by atoms with van der Waals surface area (Å²) < 4.78 is 18.4. The molecule has 0 bridgehead atoms. The van der Waals surface area contributed by atoms with Gasteiger partial charge in [-0.25, -0.2) is 4.39 Å². The fraction of sp³-hybridized carbons (Fsp3) is 0.538. The number of hydrogen-bond acceptors (Lipinski definition) is 2. The van der Waals surface area contributed by atoms with Crippen LogP contribution in [0.25, 0.3) is 0 Å². The first-order valence-corrected chi connectivity index (χ1v) is 5.67. The second-order valence-corrected chi connectivity index (χ2v) is 4.17. The summed E-state index contributed by atoms with van der Waals surface area (Å²) in [6.45, 7) is 8.17. The lowest BCUT2D eigenvalue weighted by Crippen LogP contribution is -2.21. The lowest BCUT2D eigenvalue weighted by atomic mass is 10.1. The number of ether oxygens (including phenoxy) is 1. The van der Waals surface area contributed by atoms with Crippen molar-refractivity contribution in [1.29, 1.82) is 0 Å². The molecular weight excluding hydrogens is 205 g/mol. The molecule has 1 N–H and O–H groups in total. The van der Waals surface area contributed by atoms with Crippen LogP contribution in [0.1, 0.15) is 25.0 Å². The maximum Gasteiger partial charge on any atom is 0.123 e. The Hall–Kier alpha value is -0.930. The van der Waals surface area contributed by atoms with E-state index in [1.54, 1.807) is 12.1 Å². The third-order valence-corrected chi connectivity index (χ3v) is 2.36. The first kappa shape index (κ1) is 13.1. The van der Waals surface area contributed by atoms with E-state index < -0.39 is 0 Å². The van der Waals surface area contributed by atoms with Gasteiger partial charge in [-0.1, -0.05) is 6.07 Å². The van der Waals surface area contributed by atoms with Gasteiger partial charge < -0.3 is 10.1 Å². The minimum atomic E-state index is -0.180. The molecule has 0 saturated carbocycles. The zero-order valence-electron chi connectivity index (χ0n) is 10.2. The maximum absolute atomic E-state index is 13.0. The summed E-state index contributed by atoms with van der Waals surface area (Å²) in [6, 6.07) is 4.86. The summed E-state index contributed by atoms with van der Waals surface area (Å²) in [4.78, 5) is 0. The molecule has 0 radical (unpaired) electrons. The Morgan fingerprint density at radius 3 is 2.81 bits per heavy atom. The van der Waals surface area contributed by atoms with Crippen molar-refractivity contribution in [3.05, 3.63) is 35.1 Å². The van der Waals surface area contributed by atoms with Crippen molar-refractivity contribution in [3.8, 4) is 0 Å². The highest BCUT2D eigenvalue weighted by Gasteiger charge is 2.00. The van der Waals surface area contributed by atoms with Crippen molar-refractivity contribution in [2.75, 3.05) is 13.2 Å². The quantitative estimate of drug-likeness (QED) is 0.751. The monoisotopic (exact) mass is 225 g/mol. The SMILES string of the molecule is Cc1ccc(F)cc1CNCCOC(C)C. The number of aryl methyl sites for hydroxylation is 1. The summed E-state index contributed by atoms with van der Waals surface area (Å²) in [5.74, 6) is -0.180. The summed E-state index contributed by atoms with van der Waals surface area (Å²) in [7, 11) is 0. The molecule has 0 spiro atoms. The molecule has 2 nitrogen and oxygen atoms in total. The standard InChI is InChI=1S/C13H20FNO/c1-10(2)16-7-6-15-9-12-8-13(14)5-4-11(12)3/h4-5,8,10,15H,6-7,9H2,1-3H3. The van der Waals surface area contributed by atoms with Crippen LogP contribution in [0.2, 0.25) is 0 Å². The molecule has 0 amide bonds. The molecule has 0 atom stereocenters. The van der Waals surface area contributed by atoms with E-state index in [1.165, 1.54) is 6.07 Å². The minimum absolute atomic E-state index is 0.180. The highest BCUT2D eigenvalue weighted by atomic mass is 19.1. The van der Waals surface area contributed by atoms with Crippen LogP contribution >= 0.6 is 0 Å². The predicted molar refractivity (Wildman–Crippen MR) is 63.9 cm³/mol. The molecule has 0 saturated heterocycles. The molecule has 1 rings (SSSR count). The van der Waals surface area contributed by atoms with Crippen molar-refractivity contribution in [1.82, 2.24) is 5.32 Å². The van der Waals surface area contributed by atoms with E-state index in [4.69, 9.17) is 4.74 Å². The molecule has 0 heterocycles. The third kappa shape index (κ3) is 4.73. The molecule has 0 aliphatic rings. The molecule has 0 aromatic heterocycles. The van der Waals surface area contributed by atoms with Crippen molar-refractivity contribution < 1.29 is 9.13 Å². The second kappa shape index (κ2) is 6.61. The molecule has 90 valence electrons. The molecule has 0 fully saturated rings. The first-order valence-electron chi connectivity index (χ1n) is 5.67. The molecule has 3 heteroatoms. The van der Waals surface area contributed by atoms with Crippen LogP contribution in [0, 0.1) is 12.7 Å². The van der Waals surface area contributed by atoms with Gasteiger partial charge in [-0.05, 0) is 44.0 Å². The summed E-state index contributed by atoms with van der Waals surface area (Å²) >= 11 is 0. The van der Waals surface area contributed by atoms with E-state index in [9.17, 15) is 4.39 Å². The van der Waals surface area contributed by atoms with Crippen LogP contribution in [0.4, 0.5) is 4.39 Å². The van der Waals surface area contributed by atoms with E-state index in [1.807, 2.05) is 20.8 Å². The van der Waals surface area contributed by atoms with Gasteiger partial charge in [-0.3, -0.25) is 0 Å². The Labute approximate surface area is 96.8 Å². The highest BCUT2D eigenvalue weighted by Crippen LogP contribution is 2.09. The van der Waals surface area contributed by atoms with Gasteiger partial charge in [0.15, 0.2) is 0 Å².